The molecule has 1 aliphatic rings. The van der Waals surface area contributed by atoms with Crippen molar-refractivity contribution in [3.05, 3.63) is 42.2 Å². The van der Waals surface area contributed by atoms with Gasteiger partial charge in [0.1, 0.15) is 11.3 Å². The van der Waals surface area contributed by atoms with E-state index in [-0.39, 0.29) is 11.2 Å². The van der Waals surface area contributed by atoms with Gasteiger partial charge in [-0.3, -0.25) is 0 Å². The smallest absolute Gasteiger partial charge is 0.433 e. The van der Waals surface area contributed by atoms with Gasteiger partial charge < -0.3 is 14.5 Å². The number of para-hydroxylation sites is 1. The number of amides is 1. The number of alkyl halides is 3. The molecule has 10 heteroatoms. The molecule has 0 N–H and O–H groups in total. The largest absolute Gasteiger partial charge is 0.444 e. The van der Waals surface area contributed by atoms with Crippen LogP contribution in [0.5, 0.6) is 0 Å². The molecule has 6 nitrogen and oxygen atoms in total. The summed E-state index contributed by atoms with van der Waals surface area (Å²) in [6.07, 6.45) is -3.75. The van der Waals surface area contributed by atoms with Gasteiger partial charge in [0.05, 0.1) is 5.69 Å². The van der Waals surface area contributed by atoms with Crippen LogP contribution in [-0.2, 0) is 10.9 Å². The molecule has 162 valence electrons. The van der Waals surface area contributed by atoms with Crippen molar-refractivity contribution >= 4 is 23.5 Å². The predicted molar refractivity (Wildman–Crippen MR) is 108 cm³/mol. The molecular formula is C20H23F3N4O2S. The van der Waals surface area contributed by atoms with Crippen LogP contribution in [0.4, 0.5) is 23.7 Å². The van der Waals surface area contributed by atoms with Crippen LogP contribution >= 0.6 is 11.8 Å². The molecule has 0 unspecified atom stereocenters. The maximum Gasteiger partial charge on any atom is 0.433 e. The molecule has 1 aromatic heterocycles. The summed E-state index contributed by atoms with van der Waals surface area (Å²) in [7, 11) is 0. The van der Waals surface area contributed by atoms with Crippen LogP contribution in [0.1, 0.15) is 26.5 Å². The van der Waals surface area contributed by atoms with Gasteiger partial charge in [0.25, 0.3) is 0 Å². The van der Waals surface area contributed by atoms with Crippen LogP contribution in [0.25, 0.3) is 0 Å². The maximum absolute atomic E-state index is 12.9. The third kappa shape index (κ3) is 5.78. The minimum atomic E-state index is -4.52. The Kier molecular flexibility index (Phi) is 6.44. The second-order valence-corrected chi connectivity index (χ2v) is 8.76. The Bertz CT molecular complexity index is 894. The molecule has 0 aliphatic carbocycles. The molecule has 2 aromatic rings. The van der Waals surface area contributed by atoms with E-state index in [0.29, 0.717) is 26.2 Å². The van der Waals surface area contributed by atoms with Crippen molar-refractivity contribution in [2.45, 2.75) is 42.6 Å². The van der Waals surface area contributed by atoms with E-state index in [0.717, 1.165) is 34.6 Å². The number of hydrogen-bond donors (Lipinski definition) is 0. The topological polar surface area (TPSA) is 58.6 Å². The van der Waals surface area contributed by atoms with E-state index in [2.05, 4.69) is 14.9 Å². The Labute approximate surface area is 177 Å². The minimum Gasteiger partial charge on any atom is -0.444 e. The first kappa shape index (κ1) is 22.2. The lowest BCUT2D eigenvalue weighted by molar-refractivity contribution is -0.141. The van der Waals surface area contributed by atoms with Gasteiger partial charge in [0.15, 0.2) is 5.16 Å². The lowest BCUT2D eigenvalue weighted by Crippen LogP contribution is -2.50. The van der Waals surface area contributed by atoms with Crippen molar-refractivity contribution in [2.75, 3.05) is 31.1 Å². The highest BCUT2D eigenvalue weighted by atomic mass is 32.2. The van der Waals surface area contributed by atoms with Crippen molar-refractivity contribution in [1.82, 2.24) is 14.9 Å². The number of nitrogens with zero attached hydrogens (tertiary/aromatic N) is 4. The number of rotatable bonds is 3. The van der Waals surface area contributed by atoms with Crippen molar-refractivity contribution in [3.63, 3.8) is 0 Å². The number of piperazine rings is 1. The molecule has 1 amide bonds. The Morgan fingerprint density at radius 2 is 1.73 bits per heavy atom. The summed E-state index contributed by atoms with van der Waals surface area (Å²) in [6.45, 7) is 7.63. The highest BCUT2D eigenvalue weighted by Crippen LogP contribution is 2.35. The van der Waals surface area contributed by atoms with Gasteiger partial charge in [0, 0.05) is 37.3 Å². The minimum absolute atomic E-state index is 0.0321. The summed E-state index contributed by atoms with van der Waals surface area (Å²) < 4.78 is 44.2. The molecule has 30 heavy (non-hydrogen) atoms. The van der Waals surface area contributed by atoms with Crippen LogP contribution in [0.3, 0.4) is 0 Å². The molecule has 1 fully saturated rings. The summed E-state index contributed by atoms with van der Waals surface area (Å²) in [5, 5.41) is 0.0321. The second-order valence-electron chi connectivity index (χ2n) is 7.75. The number of carbonyl (C=O) groups excluding carboxylic acids is 1. The number of ether oxygens (including phenoxy) is 1. The standard InChI is InChI=1S/C20H23F3N4O2S/c1-19(2,3)29-18(28)27-12-10-26(11-13-27)14-6-4-5-7-15(14)30-17-24-9-8-16(25-17)20(21,22)23/h4-9H,10-13H2,1-3H3. The zero-order valence-corrected chi connectivity index (χ0v) is 17.8. The molecule has 1 aromatic carbocycles. The molecule has 2 heterocycles. The van der Waals surface area contributed by atoms with E-state index in [1.165, 1.54) is 0 Å². The fourth-order valence-electron chi connectivity index (χ4n) is 2.91. The molecule has 1 saturated heterocycles. The third-order valence-electron chi connectivity index (χ3n) is 4.26. The number of hydrogen-bond acceptors (Lipinski definition) is 6. The van der Waals surface area contributed by atoms with Crippen molar-refractivity contribution in [2.24, 2.45) is 0 Å². The molecule has 0 spiro atoms. The molecule has 0 saturated carbocycles. The lowest BCUT2D eigenvalue weighted by atomic mass is 10.2. The van der Waals surface area contributed by atoms with E-state index >= 15 is 0 Å². The first-order valence-corrected chi connectivity index (χ1v) is 10.2. The Balaban J connectivity index is 1.70. The van der Waals surface area contributed by atoms with Crippen LogP contribution in [0, 0.1) is 0 Å². The number of halogens is 3. The van der Waals surface area contributed by atoms with E-state index < -0.39 is 17.5 Å². The highest BCUT2D eigenvalue weighted by Gasteiger charge is 2.33. The molecular weight excluding hydrogens is 417 g/mol. The number of carbonyl (C=O) groups is 1. The Hall–Kier alpha value is -2.49. The fraction of sp³-hybridized carbons (Fsp3) is 0.450. The van der Waals surface area contributed by atoms with Gasteiger partial charge >= 0.3 is 12.3 Å². The van der Waals surface area contributed by atoms with Crippen molar-refractivity contribution < 1.29 is 22.7 Å². The van der Waals surface area contributed by atoms with Gasteiger partial charge in [-0.15, -0.1) is 0 Å². The van der Waals surface area contributed by atoms with E-state index in [9.17, 15) is 18.0 Å². The van der Waals surface area contributed by atoms with Gasteiger partial charge in [-0.2, -0.15) is 13.2 Å². The first-order valence-electron chi connectivity index (χ1n) is 9.43. The summed E-state index contributed by atoms with van der Waals surface area (Å²) in [6, 6.07) is 8.26. The number of aromatic nitrogens is 2. The van der Waals surface area contributed by atoms with E-state index in [4.69, 9.17) is 4.74 Å². The van der Waals surface area contributed by atoms with Gasteiger partial charge in [-0.25, -0.2) is 14.8 Å². The third-order valence-corrected chi connectivity index (χ3v) is 5.21. The number of anilines is 1. The van der Waals surface area contributed by atoms with Crippen molar-refractivity contribution in [1.29, 1.82) is 0 Å². The van der Waals surface area contributed by atoms with Gasteiger partial charge in [-0.05, 0) is 50.7 Å². The Morgan fingerprint density at radius 3 is 2.37 bits per heavy atom. The van der Waals surface area contributed by atoms with Crippen LogP contribution in [0.15, 0.2) is 46.6 Å². The van der Waals surface area contributed by atoms with Gasteiger partial charge in [-0.1, -0.05) is 12.1 Å². The zero-order valence-electron chi connectivity index (χ0n) is 16.9. The average molecular weight is 440 g/mol. The molecule has 1 aliphatic heterocycles. The monoisotopic (exact) mass is 440 g/mol. The zero-order chi connectivity index (χ0) is 21.9. The van der Waals surface area contributed by atoms with E-state index in [1.54, 1.807) is 4.90 Å². The van der Waals surface area contributed by atoms with Crippen LogP contribution < -0.4 is 4.90 Å². The fourth-order valence-corrected chi connectivity index (χ4v) is 3.81. The summed E-state index contributed by atoms with van der Waals surface area (Å²) in [4.78, 5) is 24.4. The quantitative estimate of drug-likeness (QED) is 0.645. The summed E-state index contributed by atoms with van der Waals surface area (Å²) in [5.74, 6) is 0. The first-order chi connectivity index (χ1) is 14.0. The highest BCUT2D eigenvalue weighted by molar-refractivity contribution is 7.99. The van der Waals surface area contributed by atoms with Crippen LogP contribution in [-0.4, -0.2) is 52.7 Å². The van der Waals surface area contributed by atoms with Gasteiger partial charge in [0.2, 0.25) is 0 Å². The molecule has 0 bridgehead atoms. The summed E-state index contributed by atoms with van der Waals surface area (Å²) in [5.41, 5.74) is -0.654. The maximum atomic E-state index is 12.9. The predicted octanol–water partition coefficient (Wildman–Crippen LogP) is 4.70. The van der Waals surface area contributed by atoms with E-state index in [1.807, 2.05) is 45.0 Å². The normalized spacial score (nSPS) is 15.3. The molecule has 0 radical (unpaired) electrons. The lowest BCUT2D eigenvalue weighted by Gasteiger charge is -2.37. The second kappa shape index (κ2) is 8.71. The Morgan fingerprint density at radius 1 is 1.07 bits per heavy atom. The SMILES string of the molecule is CC(C)(C)OC(=O)N1CCN(c2ccccc2Sc2nccc(C(F)(F)F)n2)CC1. The molecule has 3 rings (SSSR count). The van der Waals surface area contributed by atoms with Crippen molar-refractivity contribution in [3.8, 4) is 0 Å². The average Bonchev–Trinajstić information content (AvgIpc) is 2.67. The summed E-state index contributed by atoms with van der Waals surface area (Å²) >= 11 is 1.08. The number of benzene rings is 1. The molecule has 0 atom stereocenters. The van der Waals surface area contributed by atoms with Crippen LogP contribution in [0.2, 0.25) is 0 Å².